The summed E-state index contributed by atoms with van der Waals surface area (Å²) in [6.07, 6.45) is 4.44. The molecule has 1 saturated carbocycles. The van der Waals surface area contributed by atoms with Gasteiger partial charge in [-0.3, -0.25) is 4.79 Å². The SMILES string of the molecule is CC.[B]C1(N)CCCC2C1CCC(=O)N2C. The summed E-state index contributed by atoms with van der Waals surface area (Å²) in [4.78, 5) is 13.4. The van der Waals surface area contributed by atoms with E-state index in [4.69, 9.17) is 13.6 Å². The summed E-state index contributed by atoms with van der Waals surface area (Å²) in [7, 11) is 7.96. The predicted octanol–water partition coefficient (Wildman–Crippen LogP) is 1.26. The number of amides is 1. The fourth-order valence-corrected chi connectivity index (χ4v) is 2.93. The highest BCUT2D eigenvalue weighted by molar-refractivity contribution is 6.15. The Hall–Kier alpha value is -0.505. The summed E-state index contributed by atoms with van der Waals surface area (Å²) >= 11 is 0. The number of hydrogen-bond donors (Lipinski definition) is 1. The van der Waals surface area contributed by atoms with Crippen molar-refractivity contribution < 1.29 is 4.79 Å². The molecule has 2 aliphatic rings. The Kier molecular flexibility index (Phi) is 4.42. The first-order valence-electron chi connectivity index (χ1n) is 6.36. The van der Waals surface area contributed by atoms with Gasteiger partial charge in [0.1, 0.15) is 0 Å². The van der Waals surface area contributed by atoms with Gasteiger partial charge in [0.05, 0.1) is 7.85 Å². The van der Waals surface area contributed by atoms with E-state index in [1.807, 2.05) is 25.8 Å². The molecule has 3 nitrogen and oxygen atoms in total. The lowest BCUT2D eigenvalue weighted by Gasteiger charge is -2.50. The third kappa shape index (κ3) is 2.42. The van der Waals surface area contributed by atoms with Gasteiger partial charge in [-0.1, -0.05) is 20.3 Å². The monoisotopic (exact) mass is 222 g/mol. The van der Waals surface area contributed by atoms with E-state index in [0.717, 1.165) is 25.7 Å². The number of rotatable bonds is 0. The van der Waals surface area contributed by atoms with Crippen LogP contribution in [0.1, 0.15) is 46.0 Å². The van der Waals surface area contributed by atoms with Gasteiger partial charge < -0.3 is 10.6 Å². The Morgan fingerprint density at radius 3 is 2.69 bits per heavy atom. The van der Waals surface area contributed by atoms with Gasteiger partial charge in [-0.15, -0.1) is 0 Å². The predicted molar refractivity (Wildman–Crippen MR) is 67.2 cm³/mol. The van der Waals surface area contributed by atoms with Crippen molar-refractivity contribution in [2.24, 2.45) is 11.7 Å². The van der Waals surface area contributed by atoms with Crippen LogP contribution >= 0.6 is 0 Å². The highest BCUT2D eigenvalue weighted by atomic mass is 16.2. The molecule has 0 aromatic rings. The first-order valence-corrected chi connectivity index (χ1v) is 6.36. The molecule has 4 heteroatoms. The van der Waals surface area contributed by atoms with E-state index in [1.54, 1.807) is 0 Å². The van der Waals surface area contributed by atoms with E-state index < -0.39 is 5.44 Å². The number of carbonyl (C=O) groups excluding carboxylic acids is 1. The molecule has 1 aliphatic heterocycles. The molecule has 2 fully saturated rings. The molecule has 3 atom stereocenters. The molecule has 1 amide bonds. The molecular weight excluding hydrogens is 199 g/mol. The third-order valence-electron chi connectivity index (χ3n) is 3.82. The second kappa shape index (κ2) is 5.22. The summed E-state index contributed by atoms with van der Waals surface area (Å²) in [5.74, 6) is 0.530. The molecule has 2 N–H and O–H groups in total. The maximum absolute atomic E-state index is 11.5. The Morgan fingerprint density at radius 2 is 2.06 bits per heavy atom. The topological polar surface area (TPSA) is 46.3 Å². The number of piperidine rings is 1. The Labute approximate surface area is 100 Å². The van der Waals surface area contributed by atoms with Crippen LogP contribution < -0.4 is 5.73 Å². The van der Waals surface area contributed by atoms with Crippen molar-refractivity contribution in [3.8, 4) is 0 Å². The van der Waals surface area contributed by atoms with Crippen molar-refractivity contribution in [3.05, 3.63) is 0 Å². The minimum Gasteiger partial charge on any atom is -0.342 e. The lowest BCUT2D eigenvalue weighted by molar-refractivity contribution is -0.138. The van der Waals surface area contributed by atoms with Crippen LogP contribution in [0.5, 0.6) is 0 Å². The highest BCUT2D eigenvalue weighted by Gasteiger charge is 2.44. The van der Waals surface area contributed by atoms with Crippen LogP contribution in [0, 0.1) is 5.92 Å². The highest BCUT2D eigenvalue weighted by Crippen LogP contribution is 2.38. The molecule has 90 valence electrons. The number of nitrogens with zero attached hydrogens (tertiary/aromatic N) is 1. The molecular formula is C12H23BN2O. The first-order chi connectivity index (χ1) is 7.52. The minimum atomic E-state index is -0.558. The van der Waals surface area contributed by atoms with Crippen molar-refractivity contribution in [1.82, 2.24) is 4.90 Å². The molecule has 0 aromatic heterocycles. The average Bonchev–Trinajstić information content (AvgIpc) is 2.26. The van der Waals surface area contributed by atoms with Crippen LogP contribution in [0.4, 0.5) is 0 Å². The fraction of sp³-hybridized carbons (Fsp3) is 0.917. The van der Waals surface area contributed by atoms with E-state index in [1.165, 1.54) is 0 Å². The van der Waals surface area contributed by atoms with Crippen molar-refractivity contribution in [2.45, 2.75) is 57.4 Å². The molecule has 1 saturated heterocycles. The lowest BCUT2D eigenvalue weighted by atomic mass is 9.57. The van der Waals surface area contributed by atoms with Crippen LogP contribution in [0.3, 0.4) is 0 Å². The van der Waals surface area contributed by atoms with Crippen molar-refractivity contribution >= 4 is 13.8 Å². The number of likely N-dealkylation sites (tertiary alicyclic amines) is 1. The van der Waals surface area contributed by atoms with Gasteiger partial charge in [0, 0.05) is 19.5 Å². The van der Waals surface area contributed by atoms with Gasteiger partial charge in [-0.25, -0.2) is 0 Å². The van der Waals surface area contributed by atoms with E-state index in [2.05, 4.69) is 0 Å². The maximum atomic E-state index is 11.5. The second-order valence-corrected chi connectivity index (χ2v) is 4.72. The van der Waals surface area contributed by atoms with E-state index >= 15 is 0 Å². The van der Waals surface area contributed by atoms with E-state index in [-0.39, 0.29) is 11.9 Å². The number of fused-ring (bicyclic) bond motifs is 1. The quantitative estimate of drug-likeness (QED) is 0.627. The molecule has 0 bridgehead atoms. The fourth-order valence-electron chi connectivity index (χ4n) is 2.93. The van der Waals surface area contributed by atoms with E-state index in [0.29, 0.717) is 12.3 Å². The molecule has 3 unspecified atom stereocenters. The van der Waals surface area contributed by atoms with Gasteiger partial charge in [0.25, 0.3) is 0 Å². The standard InChI is InChI=1S/C10H17BN2O.C2H6/c1-13-8-3-2-6-10(11,12)7(8)4-5-9(13)14;1-2/h7-8H,2-6,12H2,1H3;1-2H3. The molecule has 0 aromatic carbocycles. The Bertz CT molecular complexity index is 255. The zero-order chi connectivity index (χ0) is 12.3. The summed E-state index contributed by atoms with van der Waals surface area (Å²) < 4.78 is 0. The summed E-state index contributed by atoms with van der Waals surface area (Å²) in [5, 5.41) is 0. The molecule has 1 heterocycles. The summed E-state index contributed by atoms with van der Waals surface area (Å²) in [6.45, 7) is 4.00. The van der Waals surface area contributed by atoms with Crippen LogP contribution in [0.15, 0.2) is 0 Å². The number of nitrogens with two attached hydrogens (primary N) is 1. The smallest absolute Gasteiger partial charge is 0.222 e. The first kappa shape index (κ1) is 13.6. The van der Waals surface area contributed by atoms with Crippen LogP contribution in [-0.2, 0) is 4.79 Å². The third-order valence-corrected chi connectivity index (χ3v) is 3.82. The average molecular weight is 222 g/mol. The Morgan fingerprint density at radius 1 is 1.44 bits per heavy atom. The zero-order valence-electron chi connectivity index (χ0n) is 10.7. The van der Waals surface area contributed by atoms with Crippen molar-refractivity contribution in [2.75, 3.05) is 7.05 Å². The van der Waals surface area contributed by atoms with Gasteiger partial charge in [-0.05, 0) is 30.6 Å². The van der Waals surface area contributed by atoms with Gasteiger partial charge in [0.15, 0.2) is 0 Å². The van der Waals surface area contributed by atoms with Crippen molar-refractivity contribution in [3.63, 3.8) is 0 Å². The number of carbonyl (C=O) groups is 1. The van der Waals surface area contributed by atoms with Crippen molar-refractivity contribution in [1.29, 1.82) is 0 Å². The summed E-state index contributed by atoms with van der Waals surface area (Å²) in [6, 6.07) is 0.278. The molecule has 1 aliphatic carbocycles. The Balaban J connectivity index is 0.000000606. The van der Waals surface area contributed by atoms with Crippen LogP contribution in [0.2, 0.25) is 0 Å². The van der Waals surface area contributed by atoms with Gasteiger partial charge in [0.2, 0.25) is 5.91 Å². The van der Waals surface area contributed by atoms with Gasteiger partial charge in [-0.2, -0.15) is 0 Å². The largest absolute Gasteiger partial charge is 0.342 e. The summed E-state index contributed by atoms with van der Waals surface area (Å²) in [5.41, 5.74) is 5.52. The van der Waals surface area contributed by atoms with Gasteiger partial charge >= 0.3 is 0 Å². The molecule has 0 spiro atoms. The van der Waals surface area contributed by atoms with E-state index in [9.17, 15) is 4.79 Å². The zero-order valence-corrected chi connectivity index (χ0v) is 10.7. The second-order valence-electron chi connectivity index (χ2n) is 4.72. The normalized spacial score (nSPS) is 38.5. The van der Waals surface area contributed by atoms with Crippen LogP contribution in [0.25, 0.3) is 0 Å². The molecule has 2 radical (unpaired) electrons. The maximum Gasteiger partial charge on any atom is 0.222 e. The molecule has 16 heavy (non-hydrogen) atoms. The minimum absolute atomic E-state index is 0.240. The number of hydrogen-bond acceptors (Lipinski definition) is 2. The molecule has 2 rings (SSSR count). The van der Waals surface area contributed by atoms with Crippen LogP contribution in [-0.4, -0.2) is 37.2 Å². The lowest BCUT2D eigenvalue weighted by Crippen LogP contribution is -2.61.